The maximum atomic E-state index is 12.8. The lowest BCUT2D eigenvalue weighted by molar-refractivity contribution is -0.136. The van der Waals surface area contributed by atoms with Crippen LogP contribution in [0.1, 0.15) is 40.0 Å². The Labute approximate surface area is 142 Å². The molecule has 1 unspecified atom stereocenters. The molecule has 3 rings (SSSR count). The topological polar surface area (TPSA) is 139 Å². The van der Waals surface area contributed by atoms with E-state index in [1.807, 2.05) is 0 Å². The number of nitrogens with two attached hydrogens (primary N) is 1. The average Bonchev–Trinajstić information content (AvgIpc) is 2.81. The number of amides is 5. The fraction of sp³-hybridized carbons (Fsp3) is 0.312. The first-order chi connectivity index (χ1) is 11.9. The summed E-state index contributed by atoms with van der Waals surface area (Å²) in [5, 5.41) is 4.69. The highest BCUT2D eigenvalue weighted by molar-refractivity contribution is 6.26. The summed E-state index contributed by atoms with van der Waals surface area (Å²) >= 11 is 0. The molecule has 4 N–H and O–H groups in total. The Morgan fingerprint density at radius 1 is 1.24 bits per heavy atom. The van der Waals surface area contributed by atoms with Gasteiger partial charge in [0.2, 0.25) is 17.7 Å². The van der Waals surface area contributed by atoms with Crippen molar-refractivity contribution in [1.29, 1.82) is 0 Å². The molecule has 0 aliphatic carbocycles. The minimum atomic E-state index is -1.04. The number of rotatable bonds is 4. The number of carbonyl (C=O) groups is 5. The van der Waals surface area contributed by atoms with Gasteiger partial charge in [0.05, 0.1) is 16.8 Å². The number of piperidine rings is 1. The first-order valence-electron chi connectivity index (χ1n) is 7.78. The van der Waals surface area contributed by atoms with Crippen LogP contribution >= 0.6 is 0 Å². The maximum Gasteiger partial charge on any atom is 0.264 e. The Morgan fingerprint density at radius 2 is 2.00 bits per heavy atom. The van der Waals surface area contributed by atoms with E-state index in [2.05, 4.69) is 10.6 Å². The van der Waals surface area contributed by atoms with Crippen LogP contribution in [0.3, 0.4) is 0 Å². The number of fused-ring (bicyclic) bond motifs is 1. The standard InChI is InChI=1S/C16H16N4O5/c17-7-6-12(22)18-9-3-1-2-8-13(9)16(25)20(15(8)24)10-4-5-11(21)19-14(10)23/h1-3,10H,4-7,17H2,(H,18,22)(H,19,21,23). The second kappa shape index (κ2) is 6.44. The van der Waals surface area contributed by atoms with E-state index in [0.717, 1.165) is 4.90 Å². The van der Waals surface area contributed by atoms with E-state index in [4.69, 9.17) is 5.73 Å². The van der Waals surface area contributed by atoms with Crippen LogP contribution in [-0.2, 0) is 14.4 Å². The van der Waals surface area contributed by atoms with Gasteiger partial charge in [0.1, 0.15) is 6.04 Å². The van der Waals surface area contributed by atoms with Crippen molar-refractivity contribution in [3.63, 3.8) is 0 Å². The molecule has 1 fully saturated rings. The quantitative estimate of drug-likeness (QED) is 0.622. The summed E-state index contributed by atoms with van der Waals surface area (Å²) in [5.41, 5.74) is 5.68. The maximum absolute atomic E-state index is 12.8. The first kappa shape index (κ1) is 16.8. The number of hydrogen-bond acceptors (Lipinski definition) is 6. The molecule has 1 atom stereocenters. The van der Waals surface area contributed by atoms with E-state index in [9.17, 15) is 24.0 Å². The Kier molecular flexibility index (Phi) is 4.32. The molecule has 0 spiro atoms. The highest BCUT2D eigenvalue weighted by Crippen LogP contribution is 2.32. The molecule has 0 saturated carbocycles. The van der Waals surface area contributed by atoms with Crippen LogP contribution in [0, 0.1) is 0 Å². The number of hydrogen-bond donors (Lipinski definition) is 3. The monoisotopic (exact) mass is 344 g/mol. The predicted octanol–water partition coefficient (Wildman–Crippen LogP) is -0.625. The lowest BCUT2D eigenvalue weighted by atomic mass is 10.0. The summed E-state index contributed by atoms with van der Waals surface area (Å²) < 4.78 is 0. The van der Waals surface area contributed by atoms with E-state index in [-0.39, 0.29) is 48.5 Å². The van der Waals surface area contributed by atoms with Gasteiger partial charge in [-0.1, -0.05) is 6.07 Å². The first-order valence-corrected chi connectivity index (χ1v) is 7.78. The van der Waals surface area contributed by atoms with Crippen LogP contribution in [0.5, 0.6) is 0 Å². The van der Waals surface area contributed by atoms with Gasteiger partial charge < -0.3 is 11.1 Å². The fourth-order valence-corrected chi connectivity index (χ4v) is 2.96. The molecule has 2 aliphatic rings. The van der Waals surface area contributed by atoms with Crippen LogP contribution < -0.4 is 16.4 Å². The molecule has 0 bridgehead atoms. The summed E-state index contributed by atoms with van der Waals surface area (Å²) in [6.07, 6.45) is 0.192. The Balaban J connectivity index is 1.93. The fourth-order valence-electron chi connectivity index (χ4n) is 2.96. The molecule has 0 aromatic heterocycles. The van der Waals surface area contributed by atoms with Crippen LogP contribution in [0.4, 0.5) is 5.69 Å². The summed E-state index contributed by atoms with van der Waals surface area (Å²) in [5.74, 6) is -2.79. The lowest BCUT2D eigenvalue weighted by Gasteiger charge is -2.27. The third kappa shape index (κ3) is 2.89. The highest BCUT2D eigenvalue weighted by atomic mass is 16.2. The second-order valence-electron chi connectivity index (χ2n) is 5.76. The van der Waals surface area contributed by atoms with Crippen molar-refractivity contribution < 1.29 is 24.0 Å². The Hall–Kier alpha value is -3.07. The molecule has 1 saturated heterocycles. The third-order valence-corrected chi connectivity index (χ3v) is 4.11. The van der Waals surface area contributed by atoms with Gasteiger partial charge in [-0.05, 0) is 18.6 Å². The smallest absolute Gasteiger partial charge is 0.264 e. The zero-order valence-corrected chi connectivity index (χ0v) is 13.2. The van der Waals surface area contributed by atoms with Crippen LogP contribution in [0.15, 0.2) is 18.2 Å². The van der Waals surface area contributed by atoms with E-state index in [0.29, 0.717) is 0 Å². The van der Waals surface area contributed by atoms with E-state index in [1.54, 1.807) is 0 Å². The van der Waals surface area contributed by atoms with Crippen molar-refractivity contribution in [2.45, 2.75) is 25.3 Å². The molecule has 9 nitrogen and oxygen atoms in total. The molecule has 1 aromatic carbocycles. The molecule has 2 aliphatic heterocycles. The third-order valence-electron chi connectivity index (χ3n) is 4.11. The van der Waals surface area contributed by atoms with Gasteiger partial charge in [0.15, 0.2) is 0 Å². The van der Waals surface area contributed by atoms with E-state index >= 15 is 0 Å². The van der Waals surface area contributed by atoms with Crippen molar-refractivity contribution in [3.05, 3.63) is 29.3 Å². The highest BCUT2D eigenvalue weighted by Gasteiger charge is 2.45. The van der Waals surface area contributed by atoms with Crippen LogP contribution in [0.25, 0.3) is 0 Å². The van der Waals surface area contributed by atoms with Gasteiger partial charge in [-0.3, -0.25) is 34.2 Å². The van der Waals surface area contributed by atoms with Gasteiger partial charge in [-0.15, -0.1) is 0 Å². The molecule has 130 valence electrons. The van der Waals surface area contributed by atoms with Crippen molar-refractivity contribution in [2.75, 3.05) is 11.9 Å². The zero-order valence-electron chi connectivity index (χ0n) is 13.2. The molecule has 25 heavy (non-hydrogen) atoms. The summed E-state index contributed by atoms with van der Waals surface area (Å²) in [7, 11) is 0. The van der Waals surface area contributed by atoms with E-state index < -0.39 is 29.7 Å². The Bertz CT molecular complexity index is 804. The minimum Gasteiger partial charge on any atom is -0.330 e. The van der Waals surface area contributed by atoms with Crippen molar-refractivity contribution in [2.24, 2.45) is 5.73 Å². The van der Waals surface area contributed by atoms with Gasteiger partial charge in [-0.2, -0.15) is 0 Å². The van der Waals surface area contributed by atoms with Gasteiger partial charge >= 0.3 is 0 Å². The SMILES string of the molecule is NCCC(=O)Nc1cccc2c1C(=O)N(C1CCC(=O)NC1=O)C2=O. The van der Waals surface area contributed by atoms with Crippen molar-refractivity contribution >= 4 is 35.2 Å². The summed E-state index contributed by atoms with van der Waals surface area (Å²) in [6, 6.07) is 3.46. The largest absolute Gasteiger partial charge is 0.330 e. The zero-order chi connectivity index (χ0) is 18.1. The van der Waals surface area contributed by atoms with Crippen molar-refractivity contribution in [1.82, 2.24) is 10.2 Å². The average molecular weight is 344 g/mol. The number of nitrogens with zero attached hydrogens (tertiary/aromatic N) is 1. The van der Waals surface area contributed by atoms with Crippen molar-refractivity contribution in [3.8, 4) is 0 Å². The Morgan fingerprint density at radius 3 is 2.68 bits per heavy atom. The number of benzene rings is 1. The van der Waals surface area contributed by atoms with Crippen LogP contribution in [-0.4, -0.2) is 47.0 Å². The molecular weight excluding hydrogens is 328 g/mol. The molecule has 0 radical (unpaired) electrons. The second-order valence-corrected chi connectivity index (χ2v) is 5.76. The summed E-state index contributed by atoms with van der Waals surface area (Å²) in [4.78, 5) is 61.3. The minimum absolute atomic E-state index is 0.0440. The number of carbonyl (C=O) groups excluding carboxylic acids is 5. The summed E-state index contributed by atoms with van der Waals surface area (Å²) in [6.45, 7) is 0.149. The van der Waals surface area contributed by atoms with Gasteiger partial charge in [0, 0.05) is 19.4 Å². The predicted molar refractivity (Wildman–Crippen MR) is 85.4 cm³/mol. The molecular formula is C16H16N4O5. The number of nitrogens with one attached hydrogen (secondary N) is 2. The molecule has 2 heterocycles. The normalized spacial score (nSPS) is 19.7. The lowest BCUT2D eigenvalue weighted by Crippen LogP contribution is -2.54. The molecule has 9 heteroatoms. The van der Waals surface area contributed by atoms with E-state index in [1.165, 1.54) is 18.2 Å². The number of anilines is 1. The molecule has 5 amide bonds. The van der Waals surface area contributed by atoms with Crippen LogP contribution in [0.2, 0.25) is 0 Å². The number of imide groups is 2. The van der Waals surface area contributed by atoms with Gasteiger partial charge in [-0.25, -0.2) is 0 Å². The molecule has 1 aromatic rings. The van der Waals surface area contributed by atoms with Gasteiger partial charge in [0.25, 0.3) is 11.8 Å².